The van der Waals surface area contributed by atoms with Crippen molar-refractivity contribution in [2.75, 3.05) is 12.5 Å². The number of alkyl halides is 11. The van der Waals surface area contributed by atoms with Gasteiger partial charge >= 0.3 is 39.3 Å². The van der Waals surface area contributed by atoms with Crippen molar-refractivity contribution in [3.05, 3.63) is 35.9 Å². The molecular formula is C14H13F11O3S2. The molecule has 16 heteroatoms. The molecule has 0 spiro atoms. The summed E-state index contributed by atoms with van der Waals surface area (Å²) in [6.45, 7) is 0. The number of rotatable bonds is 8. The Morgan fingerprint density at radius 1 is 0.733 bits per heavy atom. The molecule has 0 amide bonds. The molecule has 0 aliphatic carbocycles. The molecule has 0 N–H and O–H groups in total. The zero-order valence-electron chi connectivity index (χ0n) is 14.8. The fourth-order valence-electron chi connectivity index (χ4n) is 2.00. The van der Waals surface area contributed by atoms with Crippen LogP contribution in [0.25, 0.3) is 0 Å². The van der Waals surface area contributed by atoms with E-state index in [4.69, 9.17) is 0 Å². The van der Waals surface area contributed by atoms with Gasteiger partial charge in [-0.1, -0.05) is 30.3 Å². The second-order valence-electron chi connectivity index (χ2n) is 6.33. The van der Waals surface area contributed by atoms with Crippen molar-refractivity contribution in [1.29, 1.82) is 0 Å². The second kappa shape index (κ2) is 7.69. The van der Waals surface area contributed by atoms with Gasteiger partial charge < -0.3 is 0 Å². The molecular weight excluding hydrogens is 489 g/mol. The standard InChI is InChI=1S/C14H13F11O3S2/c1-29(2,8-9-6-4-3-5-7-9)28-30(26,27)14(24,25)12(19,20)10(15,16)11(17,18)13(21,22)23/h3-7H,8H2,1-2H3. The van der Waals surface area contributed by atoms with Gasteiger partial charge in [0.1, 0.15) is 0 Å². The van der Waals surface area contributed by atoms with Gasteiger partial charge in [-0.2, -0.15) is 56.7 Å². The number of halogens is 11. The van der Waals surface area contributed by atoms with Crippen molar-refractivity contribution in [2.45, 2.75) is 35.0 Å². The molecule has 1 aromatic rings. The summed E-state index contributed by atoms with van der Waals surface area (Å²) in [6.07, 6.45) is -5.71. The number of hydrogen-bond donors (Lipinski definition) is 0. The number of benzene rings is 1. The Morgan fingerprint density at radius 2 is 1.17 bits per heavy atom. The van der Waals surface area contributed by atoms with Crippen LogP contribution in [-0.4, -0.2) is 50.1 Å². The zero-order valence-corrected chi connectivity index (χ0v) is 16.4. The van der Waals surface area contributed by atoms with Gasteiger partial charge in [0.15, 0.2) is 0 Å². The smallest absolute Gasteiger partial charge is 0.215 e. The van der Waals surface area contributed by atoms with E-state index < -0.39 is 55.4 Å². The first kappa shape index (κ1) is 26.7. The molecule has 3 nitrogen and oxygen atoms in total. The first-order valence-corrected chi connectivity index (χ1v) is 11.3. The van der Waals surface area contributed by atoms with Gasteiger partial charge in [-0.15, -0.1) is 10.3 Å². The van der Waals surface area contributed by atoms with Gasteiger partial charge in [0.25, 0.3) is 0 Å². The van der Waals surface area contributed by atoms with Crippen LogP contribution in [0.3, 0.4) is 0 Å². The van der Waals surface area contributed by atoms with Crippen molar-refractivity contribution in [3.8, 4) is 0 Å². The van der Waals surface area contributed by atoms with Gasteiger partial charge in [-0.3, -0.25) is 0 Å². The van der Waals surface area contributed by atoms with Crippen LogP contribution >= 0.6 is 10.3 Å². The minimum Gasteiger partial charge on any atom is -0.215 e. The molecule has 1 rings (SSSR count). The van der Waals surface area contributed by atoms with Crippen LogP contribution in [0.1, 0.15) is 5.56 Å². The summed E-state index contributed by atoms with van der Waals surface area (Å²) < 4.78 is 170. The summed E-state index contributed by atoms with van der Waals surface area (Å²) in [5.41, 5.74) is 0.247. The van der Waals surface area contributed by atoms with Crippen molar-refractivity contribution in [1.82, 2.24) is 0 Å². The molecule has 30 heavy (non-hydrogen) atoms. The Bertz CT molecular complexity index is 850. The fraction of sp³-hybridized carbons (Fsp3) is 0.571. The van der Waals surface area contributed by atoms with Crippen molar-refractivity contribution in [2.24, 2.45) is 0 Å². The third kappa shape index (κ3) is 4.49. The van der Waals surface area contributed by atoms with Crippen molar-refractivity contribution >= 4 is 20.4 Å². The maximum absolute atomic E-state index is 13.8. The largest absolute Gasteiger partial charge is 0.460 e. The Hall–Kier alpha value is -1.29. The molecule has 0 fully saturated rings. The molecule has 0 aliphatic heterocycles. The lowest BCUT2D eigenvalue weighted by molar-refractivity contribution is -0.413. The van der Waals surface area contributed by atoms with Crippen LogP contribution in [-0.2, 0) is 19.5 Å². The lowest BCUT2D eigenvalue weighted by Gasteiger charge is -2.38. The van der Waals surface area contributed by atoms with Crippen LogP contribution in [0.4, 0.5) is 48.3 Å². The highest BCUT2D eigenvalue weighted by Gasteiger charge is 2.90. The molecule has 0 atom stereocenters. The van der Waals surface area contributed by atoms with Crippen LogP contribution in [0.2, 0.25) is 0 Å². The predicted octanol–water partition coefficient (Wildman–Crippen LogP) is 5.57. The van der Waals surface area contributed by atoms with Gasteiger partial charge in [-0.25, -0.2) is 3.63 Å². The maximum Gasteiger partial charge on any atom is 0.460 e. The highest BCUT2D eigenvalue weighted by Crippen LogP contribution is 2.60. The maximum atomic E-state index is 13.8. The van der Waals surface area contributed by atoms with E-state index >= 15 is 0 Å². The molecule has 0 aliphatic rings. The average molecular weight is 502 g/mol. The van der Waals surface area contributed by atoms with Gasteiger partial charge in [0.2, 0.25) is 0 Å². The summed E-state index contributed by atoms with van der Waals surface area (Å²) in [4.78, 5) is 0. The van der Waals surface area contributed by atoms with Gasteiger partial charge in [0.05, 0.1) is 0 Å². The minimum absolute atomic E-state index is 0.247. The highest BCUT2D eigenvalue weighted by molar-refractivity contribution is 8.31. The summed E-state index contributed by atoms with van der Waals surface area (Å²) in [6, 6.07) is 7.02. The molecule has 0 saturated heterocycles. The Kier molecular flexibility index (Phi) is 6.85. The third-order valence-corrected chi connectivity index (χ3v) is 7.56. The molecule has 0 unspecified atom stereocenters. The number of hydrogen-bond acceptors (Lipinski definition) is 3. The Morgan fingerprint density at radius 3 is 1.57 bits per heavy atom. The first-order valence-electron chi connectivity index (χ1n) is 7.32. The molecule has 0 aromatic heterocycles. The zero-order chi connectivity index (χ0) is 24.0. The fourth-order valence-corrected chi connectivity index (χ4v) is 5.91. The monoisotopic (exact) mass is 502 g/mol. The van der Waals surface area contributed by atoms with E-state index in [2.05, 4.69) is 3.63 Å². The van der Waals surface area contributed by atoms with Crippen molar-refractivity contribution < 1.29 is 60.3 Å². The normalized spacial score (nSPS) is 15.9. The first-order chi connectivity index (χ1) is 13.0. The molecule has 0 heterocycles. The summed E-state index contributed by atoms with van der Waals surface area (Å²) in [5, 5.41) is -7.14. The minimum atomic E-state index is -7.84. The molecule has 1 aromatic carbocycles. The quantitative estimate of drug-likeness (QED) is 0.437. The van der Waals surface area contributed by atoms with E-state index in [0.717, 1.165) is 12.5 Å². The second-order valence-corrected chi connectivity index (χ2v) is 11.5. The van der Waals surface area contributed by atoms with Crippen molar-refractivity contribution in [3.63, 3.8) is 0 Å². The van der Waals surface area contributed by atoms with E-state index in [-0.39, 0.29) is 5.56 Å². The summed E-state index contributed by atoms with van der Waals surface area (Å²) in [7, 11) is -10.4. The van der Waals surface area contributed by atoms with Gasteiger partial charge in [0, 0.05) is 5.75 Å². The van der Waals surface area contributed by atoms with Crippen LogP contribution in [0.15, 0.2) is 30.3 Å². The molecule has 0 radical (unpaired) electrons. The molecule has 0 saturated carbocycles. The lowest BCUT2D eigenvalue weighted by Crippen LogP contribution is -2.68. The van der Waals surface area contributed by atoms with E-state index in [1.165, 1.54) is 30.3 Å². The summed E-state index contributed by atoms with van der Waals surface area (Å²) in [5.74, 6) is -23.7. The highest BCUT2D eigenvalue weighted by atomic mass is 32.3. The molecule has 176 valence electrons. The van der Waals surface area contributed by atoms with Gasteiger partial charge in [-0.05, 0) is 18.1 Å². The lowest BCUT2D eigenvalue weighted by atomic mass is 10.0. The predicted molar refractivity (Wildman–Crippen MR) is 85.4 cm³/mol. The van der Waals surface area contributed by atoms with E-state index in [1.54, 1.807) is 0 Å². The molecule has 0 bridgehead atoms. The Labute approximate surface area is 164 Å². The third-order valence-electron chi connectivity index (χ3n) is 3.46. The topological polar surface area (TPSA) is 43.4 Å². The van der Waals surface area contributed by atoms with Crippen LogP contribution in [0.5, 0.6) is 0 Å². The van der Waals surface area contributed by atoms with E-state index in [1.807, 2.05) is 0 Å². The Balaban J connectivity index is 3.35. The SMILES string of the molecule is CS(C)(Cc1ccccc1)OS(=O)(=O)C(F)(F)C(F)(F)C(F)(F)C(F)(F)C(F)(F)F. The summed E-state index contributed by atoms with van der Waals surface area (Å²) >= 11 is 0. The van der Waals surface area contributed by atoms with E-state index in [0.29, 0.717) is 0 Å². The van der Waals surface area contributed by atoms with Crippen LogP contribution in [0, 0.1) is 0 Å². The van der Waals surface area contributed by atoms with Crippen LogP contribution < -0.4 is 0 Å². The van der Waals surface area contributed by atoms with E-state index in [9.17, 15) is 56.7 Å². The average Bonchev–Trinajstić information content (AvgIpc) is 2.52.